The van der Waals surface area contributed by atoms with E-state index in [1.54, 1.807) is 51.4 Å². The quantitative estimate of drug-likeness (QED) is 0.409. The molecule has 0 unspecified atom stereocenters. The number of fused-ring (bicyclic) bond motifs is 1. The number of anilines is 2. The normalized spacial score (nSPS) is 15.4. The number of hydrogen-bond donors (Lipinski definition) is 1. The maximum absolute atomic E-state index is 14.1. The van der Waals surface area contributed by atoms with Gasteiger partial charge >= 0.3 is 0 Å². The molecule has 35 heavy (non-hydrogen) atoms. The van der Waals surface area contributed by atoms with E-state index < -0.39 is 16.1 Å². The van der Waals surface area contributed by atoms with Crippen LogP contribution in [0.2, 0.25) is 0 Å². The number of rotatable bonds is 6. The first-order valence-electron chi connectivity index (χ1n) is 11.1. The van der Waals surface area contributed by atoms with E-state index in [1.807, 2.05) is 19.1 Å². The summed E-state index contributed by atoms with van der Waals surface area (Å²) in [4.78, 5) is 21.2. The third kappa shape index (κ3) is 4.61. The number of nitrogens with zero attached hydrogens (tertiary/aromatic N) is 4. The monoisotopic (exact) mass is 517 g/mol. The largest absolute Gasteiger partial charge is 0.368 e. The molecule has 0 saturated carbocycles. The lowest BCUT2D eigenvalue weighted by atomic mass is 10.2. The molecule has 186 valence electrons. The van der Waals surface area contributed by atoms with Crippen LogP contribution in [0.3, 0.4) is 0 Å². The van der Waals surface area contributed by atoms with Crippen molar-refractivity contribution in [3.8, 4) is 0 Å². The van der Waals surface area contributed by atoms with E-state index in [-0.39, 0.29) is 19.5 Å². The highest BCUT2D eigenvalue weighted by Gasteiger charge is 2.27. The topological polar surface area (TPSA) is 87.5 Å². The third-order valence-electron chi connectivity index (χ3n) is 6.22. The van der Waals surface area contributed by atoms with Gasteiger partial charge in [0.15, 0.2) is 5.13 Å². The Balaban J connectivity index is 0.00000190. The van der Waals surface area contributed by atoms with Crippen molar-refractivity contribution in [3.05, 3.63) is 72.1 Å². The van der Waals surface area contributed by atoms with Gasteiger partial charge in [-0.3, -0.25) is 9.52 Å². The first-order chi connectivity index (χ1) is 16.8. The van der Waals surface area contributed by atoms with Crippen LogP contribution in [0.25, 0.3) is 10.9 Å². The summed E-state index contributed by atoms with van der Waals surface area (Å²) < 4.78 is 43.8. The first-order valence-corrected chi connectivity index (χ1v) is 13.5. The predicted molar refractivity (Wildman–Crippen MR) is 139 cm³/mol. The average Bonchev–Trinajstić information content (AvgIpc) is 3.54. The fraction of sp³-hybridized carbons (Fsp3) is 0.250. The van der Waals surface area contributed by atoms with Gasteiger partial charge in [0, 0.05) is 57.9 Å². The summed E-state index contributed by atoms with van der Waals surface area (Å²) >= 11 is 1.21. The zero-order valence-corrected chi connectivity index (χ0v) is 20.6. The zero-order chi connectivity index (χ0) is 24.6. The van der Waals surface area contributed by atoms with E-state index in [2.05, 4.69) is 14.6 Å². The summed E-state index contributed by atoms with van der Waals surface area (Å²) in [5, 5.41) is 2.51. The fourth-order valence-electron chi connectivity index (χ4n) is 4.35. The van der Waals surface area contributed by atoms with Crippen LogP contribution in [-0.2, 0) is 14.8 Å². The second-order valence-corrected chi connectivity index (χ2v) is 10.9. The first kappa shape index (κ1) is 23.3. The van der Waals surface area contributed by atoms with Crippen molar-refractivity contribution >= 4 is 49.0 Å². The van der Waals surface area contributed by atoms with Gasteiger partial charge in [-0.05, 0) is 43.3 Å². The molecule has 8 nitrogen and oxygen atoms in total. The number of benzene rings is 2. The number of amides is 1. The molecule has 1 saturated heterocycles. The summed E-state index contributed by atoms with van der Waals surface area (Å²) in [7, 11) is -3.75. The van der Waals surface area contributed by atoms with Crippen LogP contribution in [0.1, 0.15) is 15.8 Å². The van der Waals surface area contributed by atoms with Crippen molar-refractivity contribution < 1.29 is 20.5 Å². The molecule has 2 aromatic heterocycles. The highest BCUT2D eigenvalue weighted by molar-refractivity contribution is 7.93. The number of carbonyl (C=O) groups excluding carboxylic acids is 1. The second kappa shape index (κ2) is 9.31. The SMILES string of the molecule is C[C@@H](C(=O)N1CCN(c2cccc(S(=O)(=O)Nc3nccs3)c2)CC1)n1ccc2c(F)cccc21.[HH].[HH]. The van der Waals surface area contributed by atoms with Gasteiger partial charge in [0.25, 0.3) is 10.0 Å². The molecule has 11 heteroatoms. The molecule has 3 heterocycles. The van der Waals surface area contributed by atoms with Crippen LogP contribution in [0.5, 0.6) is 0 Å². The van der Waals surface area contributed by atoms with Crippen LogP contribution in [0.4, 0.5) is 15.2 Å². The molecule has 0 spiro atoms. The van der Waals surface area contributed by atoms with Gasteiger partial charge in [-0.1, -0.05) is 12.1 Å². The molecule has 0 bridgehead atoms. The number of nitrogens with one attached hydrogen (secondary N) is 1. The van der Waals surface area contributed by atoms with Gasteiger partial charge in [-0.15, -0.1) is 11.3 Å². The van der Waals surface area contributed by atoms with E-state index in [1.165, 1.54) is 23.6 Å². The Morgan fingerprint density at radius 1 is 1.14 bits per heavy atom. The lowest BCUT2D eigenvalue weighted by Gasteiger charge is -2.37. The highest BCUT2D eigenvalue weighted by Crippen LogP contribution is 2.26. The van der Waals surface area contributed by atoms with Crippen LogP contribution in [-0.4, -0.2) is 55.0 Å². The average molecular weight is 518 g/mol. The van der Waals surface area contributed by atoms with Crippen molar-refractivity contribution in [2.45, 2.75) is 17.9 Å². The Kier molecular flexibility index (Phi) is 6.20. The van der Waals surface area contributed by atoms with Gasteiger partial charge in [0.05, 0.1) is 10.4 Å². The number of thiazole rings is 1. The minimum absolute atomic E-state index is 0. The number of sulfonamides is 1. The second-order valence-electron chi connectivity index (χ2n) is 8.32. The molecule has 1 N–H and O–H groups in total. The number of aromatic nitrogens is 2. The number of hydrogen-bond acceptors (Lipinski definition) is 6. The van der Waals surface area contributed by atoms with Crippen molar-refractivity contribution in [3.63, 3.8) is 0 Å². The van der Waals surface area contributed by atoms with Crippen LogP contribution < -0.4 is 9.62 Å². The molecule has 1 atom stereocenters. The molecule has 1 amide bonds. The Morgan fingerprint density at radius 3 is 2.66 bits per heavy atom. The lowest BCUT2D eigenvalue weighted by molar-refractivity contribution is -0.134. The molecule has 4 aromatic rings. The smallest absolute Gasteiger partial charge is 0.263 e. The number of piperazine rings is 1. The summed E-state index contributed by atoms with van der Waals surface area (Å²) in [6.07, 6.45) is 3.29. The van der Waals surface area contributed by atoms with Crippen molar-refractivity contribution in [1.82, 2.24) is 14.5 Å². The predicted octanol–water partition coefficient (Wildman–Crippen LogP) is 4.44. The Labute approximate surface area is 209 Å². The van der Waals surface area contributed by atoms with Crippen molar-refractivity contribution in [1.29, 1.82) is 0 Å². The standard InChI is InChI=1S/C24H24FN5O3S2.2H2/c1-17(30-10-8-20-21(25)6-3-7-22(20)30)23(31)29-13-11-28(12-14-29)18-4-2-5-19(16-18)35(32,33)27-24-26-9-15-34-24;;/h2-10,15-17H,11-14H2,1H3,(H,26,27);2*1H/t17-;;/m0../s1. The Bertz CT molecular complexity index is 1470. The van der Waals surface area contributed by atoms with Gasteiger partial charge in [0.1, 0.15) is 11.9 Å². The third-order valence-corrected chi connectivity index (χ3v) is 8.38. The van der Waals surface area contributed by atoms with Gasteiger partial charge in [-0.25, -0.2) is 17.8 Å². The van der Waals surface area contributed by atoms with Crippen LogP contribution in [0.15, 0.2) is 71.2 Å². The van der Waals surface area contributed by atoms with Gasteiger partial charge in [0.2, 0.25) is 5.91 Å². The van der Waals surface area contributed by atoms with Crippen molar-refractivity contribution in [2.75, 3.05) is 35.8 Å². The van der Waals surface area contributed by atoms with Crippen molar-refractivity contribution in [2.24, 2.45) is 0 Å². The van der Waals surface area contributed by atoms with Crippen LogP contribution in [0, 0.1) is 5.82 Å². The molecule has 1 aliphatic heterocycles. The summed E-state index contributed by atoms with van der Waals surface area (Å²) in [5.74, 6) is -0.337. The minimum atomic E-state index is -3.75. The zero-order valence-electron chi connectivity index (χ0n) is 19.0. The molecule has 0 radical (unpaired) electrons. The minimum Gasteiger partial charge on any atom is -0.368 e. The van der Waals surface area contributed by atoms with E-state index in [9.17, 15) is 17.6 Å². The summed E-state index contributed by atoms with van der Waals surface area (Å²) in [6, 6.07) is 12.8. The molecular weight excluding hydrogens is 489 g/mol. The Hall–Kier alpha value is -3.44. The molecule has 1 aliphatic rings. The van der Waals surface area contributed by atoms with Crippen LogP contribution >= 0.6 is 11.3 Å². The van der Waals surface area contributed by atoms with E-state index in [0.29, 0.717) is 42.2 Å². The Morgan fingerprint density at radius 2 is 1.91 bits per heavy atom. The molecule has 5 rings (SSSR count). The van der Waals surface area contributed by atoms with E-state index in [4.69, 9.17) is 0 Å². The highest BCUT2D eigenvalue weighted by atomic mass is 32.2. The molecular formula is C24H28FN5O3S2. The van der Waals surface area contributed by atoms with E-state index >= 15 is 0 Å². The molecule has 2 aromatic carbocycles. The summed E-state index contributed by atoms with van der Waals surface area (Å²) in [5.41, 5.74) is 1.47. The lowest BCUT2D eigenvalue weighted by Crippen LogP contribution is -2.50. The molecule has 1 fully saturated rings. The number of halogens is 1. The maximum atomic E-state index is 14.1. The summed E-state index contributed by atoms with van der Waals surface area (Å²) in [6.45, 7) is 3.98. The van der Waals surface area contributed by atoms with E-state index in [0.717, 1.165) is 5.69 Å². The van der Waals surface area contributed by atoms with Gasteiger partial charge < -0.3 is 14.4 Å². The fourth-order valence-corrected chi connectivity index (χ4v) is 6.18. The molecule has 0 aliphatic carbocycles. The van der Waals surface area contributed by atoms with Gasteiger partial charge in [-0.2, -0.15) is 0 Å². The number of carbonyl (C=O) groups is 1. The maximum Gasteiger partial charge on any atom is 0.263 e.